The van der Waals surface area contributed by atoms with Crippen molar-refractivity contribution in [3.63, 3.8) is 0 Å². The molecule has 0 bridgehead atoms. The number of nitrogens with zero attached hydrogens (tertiary/aromatic N) is 1. The third kappa shape index (κ3) is 2.41. The number of halogens is 1. The largest absolute Gasteiger partial charge is 0.497 e. The minimum atomic E-state index is -3.45. The van der Waals surface area contributed by atoms with Crippen molar-refractivity contribution in [2.24, 2.45) is 0 Å². The summed E-state index contributed by atoms with van der Waals surface area (Å²) < 4.78 is 31.0. The molecule has 6 heteroatoms. The fraction of sp³-hybridized carbons (Fsp3) is 0.455. The van der Waals surface area contributed by atoms with E-state index in [0.717, 1.165) is 12.8 Å². The Kier molecular flexibility index (Phi) is 3.61. The highest BCUT2D eigenvalue weighted by molar-refractivity contribution is 7.89. The molecule has 17 heavy (non-hydrogen) atoms. The van der Waals surface area contributed by atoms with E-state index in [0.29, 0.717) is 18.8 Å². The Balaban J connectivity index is 2.39. The van der Waals surface area contributed by atoms with Gasteiger partial charge in [0.25, 0.3) is 0 Å². The predicted molar refractivity (Wildman–Crippen MR) is 66.0 cm³/mol. The number of rotatable bonds is 3. The van der Waals surface area contributed by atoms with Gasteiger partial charge in [-0.1, -0.05) is 11.6 Å². The smallest absolute Gasteiger partial charge is 0.244 e. The van der Waals surface area contributed by atoms with Crippen LogP contribution < -0.4 is 4.74 Å². The van der Waals surface area contributed by atoms with Crippen LogP contribution in [-0.4, -0.2) is 32.9 Å². The number of hydrogen-bond acceptors (Lipinski definition) is 3. The van der Waals surface area contributed by atoms with Gasteiger partial charge >= 0.3 is 0 Å². The Morgan fingerprint density at radius 2 is 1.94 bits per heavy atom. The maximum absolute atomic E-state index is 12.3. The molecule has 0 saturated carbocycles. The SMILES string of the molecule is COc1ccc(S(=O)(=O)N2CCCC2)c(Cl)c1. The Morgan fingerprint density at radius 3 is 2.47 bits per heavy atom. The molecule has 1 aromatic carbocycles. The standard InChI is InChI=1S/C11H14ClNO3S/c1-16-9-4-5-11(10(12)8-9)17(14,15)13-6-2-3-7-13/h4-5,8H,2-3,6-7H2,1H3. The van der Waals surface area contributed by atoms with Gasteiger partial charge in [0, 0.05) is 19.2 Å². The number of benzene rings is 1. The van der Waals surface area contributed by atoms with Crippen molar-refractivity contribution < 1.29 is 13.2 Å². The van der Waals surface area contributed by atoms with Crippen LogP contribution in [0, 0.1) is 0 Å². The predicted octanol–water partition coefficient (Wildman–Crippen LogP) is 2.13. The summed E-state index contributed by atoms with van der Waals surface area (Å²) in [6.45, 7) is 1.15. The first-order valence-corrected chi connectivity index (χ1v) is 7.21. The van der Waals surface area contributed by atoms with Gasteiger partial charge in [0.1, 0.15) is 10.6 Å². The first kappa shape index (κ1) is 12.7. The lowest BCUT2D eigenvalue weighted by molar-refractivity contribution is 0.414. The first-order valence-electron chi connectivity index (χ1n) is 5.39. The van der Waals surface area contributed by atoms with Crippen molar-refractivity contribution >= 4 is 21.6 Å². The van der Waals surface area contributed by atoms with Crippen molar-refractivity contribution in [1.82, 2.24) is 4.31 Å². The molecule has 0 spiro atoms. The van der Waals surface area contributed by atoms with E-state index in [1.165, 1.54) is 23.5 Å². The van der Waals surface area contributed by atoms with Crippen LogP contribution in [-0.2, 0) is 10.0 Å². The molecule has 1 fully saturated rings. The average molecular weight is 276 g/mol. The highest BCUT2D eigenvalue weighted by atomic mass is 35.5. The van der Waals surface area contributed by atoms with Crippen LogP contribution >= 0.6 is 11.6 Å². The molecular weight excluding hydrogens is 262 g/mol. The number of methoxy groups -OCH3 is 1. The topological polar surface area (TPSA) is 46.6 Å². The van der Waals surface area contributed by atoms with Gasteiger partial charge in [0.05, 0.1) is 12.1 Å². The molecule has 94 valence electrons. The van der Waals surface area contributed by atoms with Gasteiger partial charge in [-0.15, -0.1) is 0 Å². The monoisotopic (exact) mass is 275 g/mol. The van der Waals surface area contributed by atoms with Crippen molar-refractivity contribution in [3.8, 4) is 5.75 Å². The molecule has 1 heterocycles. The van der Waals surface area contributed by atoms with Gasteiger partial charge < -0.3 is 4.74 Å². The van der Waals surface area contributed by atoms with E-state index in [1.807, 2.05) is 0 Å². The molecule has 1 aliphatic rings. The maximum Gasteiger partial charge on any atom is 0.244 e. The lowest BCUT2D eigenvalue weighted by Gasteiger charge is -2.16. The number of sulfonamides is 1. The molecule has 0 N–H and O–H groups in total. The summed E-state index contributed by atoms with van der Waals surface area (Å²) in [6.07, 6.45) is 1.82. The van der Waals surface area contributed by atoms with Crippen LogP contribution in [0.15, 0.2) is 23.1 Å². The van der Waals surface area contributed by atoms with E-state index in [4.69, 9.17) is 16.3 Å². The Hall–Kier alpha value is -0.780. The molecule has 1 aliphatic heterocycles. The molecule has 0 aromatic heterocycles. The summed E-state index contributed by atoms with van der Waals surface area (Å²) in [5.74, 6) is 0.551. The first-order chi connectivity index (χ1) is 8.05. The summed E-state index contributed by atoms with van der Waals surface area (Å²) in [5.41, 5.74) is 0. The van der Waals surface area contributed by atoms with Crippen LogP contribution in [0.5, 0.6) is 5.75 Å². The van der Waals surface area contributed by atoms with E-state index < -0.39 is 10.0 Å². The van der Waals surface area contributed by atoms with Crippen LogP contribution in [0.4, 0.5) is 0 Å². The number of ether oxygens (including phenoxy) is 1. The highest BCUT2D eigenvalue weighted by Crippen LogP contribution is 2.29. The van der Waals surface area contributed by atoms with Crippen molar-refractivity contribution in [2.45, 2.75) is 17.7 Å². The molecule has 1 aromatic rings. The van der Waals surface area contributed by atoms with E-state index >= 15 is 0 Å². The Labute approximate surface area is 106 Å². The summed E-state index contributed by atoms with van der Waals surface area (Å²) in [7, 11) is -1.93. The fourth-order valence-corrected chi connectivity index (χ4v) is 3.91. The molecule has 0 atom stereocenters. The minimum Gasteiger partial charge on any atom is -0.497 e. The summed E-state index contributed by atoms with van der Waals surface area (Å²) in [4.78, 5) is 0.155. The normalized spacial score (nSPS) is 17.3. The lowest BCUT2D eigenvalue weighted by atomic mass is 10.3. The number of hydrogen-bond donors (Lipinski definition) is 0. The zero-order chi connectivity index (χ0) is 12.5. The molecular formula is C11H14ClNO3S. The second-order valence-corrected chi connectivity index (χ2v) is 6.22. The van der Waals surface area contributed by atoms with Crippen LogP contribution in [0.2, 0.25) is 5.02 Å². The maximum atomic E-state index is 12.3. The van der Waals surface area contributed by atoms with Crippen LogP contribution in [0.25, 0.3) is 0 Å². The lowest BCUT2D eigenvalue weighted by Crippen LogP contribution is -2.28. The third-order valence-electron chi connectivity index (χ3n) is 2.82. The molecule has 0 unspecified atom stereocenters. The molecule has 2 rings (SSSR count). The zero-order valence-corrected chi connectivity index (χ0v) is 11.1. The zero-order valence-electron chi connectivity index (χ0n) is 9.52. The van der Waals surface area contributed by atoms with Crippen LogP contribution in [0.3, 0.4) is 0 Å². The summed E-state index contributed by atoms with van der Waals surface area (Å²) in [5, 5.41) is 0.205. The van der Waals surface area contributed by atoms with Gasteiger partial charge in [-0.3, -0.25) is 0 Å². The quantitative estimate of drug-likeness (QED) is 0.849. The molecule has 0 aliphatic carbocycles. The Morgan fingerprint density at radius 1 is 1.29 bits per heavy atom. The third-order valence-corrected chi connectivity index (χ3v) is 5.20. The summed E-state index contributed by atoms with van der Waals surface area (Å²) in [6, 6.07) is 4.62. The summed E-state index contributed by atoms with van der Waals surface area (Å²) >= 11 is 5.99. The molecule has 4 nitrogen and oxygen atoms in total. The Bertz CT molecular complexity index is 509. The molecule has 1 saturated heterocycles. The molecule has 0 radical (unpaired) electrons. The van der Waals surface area contributed by atoms with Gasteiger partial charge in [-0.2, -0.15) is 4.31 Å². The second kappa shape index (κ2) is 4.84. The second-order valence-electron chi connectivity index (χ2n) is 3.91. The van der Waals surface area contributed by atoms with Gasteiger partial charge in [0.15, 0.2) is 0 Å². The van der Waals surface area contributed by atoms with Crippen molar-refractivity contribution in [2.75, 3.05) is 20.2 Å². The van der Waals surface area contributed by atoms with E-state index in [2.05, 4.69) is 0 Å². The van der Waals surface area contributed by atoms with Gasteiger partial charge in [-0.05, 0) is 25.0 Å². The molecule has 0 amide bonds. The van der Waals surface area contributed by atoms with Gasteiger partial charge in [-0.25, -0.2) is 8.42 Å². The van der Waals surface area contributed by atoms with E-state index in [9.17, 15) is 8.42 Å². The van der Waals surface area contributed by atoms with E-state index in [1.54, 1.807) is 6.07 Å². The van der Waals surface area contributed by atoms with Gasteiger partial charge in [0.2, 0.25) is 10.0 Å². The van der Waals surface area contributed by atoms with Crippen LogP contribution in [0.1, 0.15) is 12.8 Å². The van der Waals surface area contributed by atoms with Crippen molar-refractivity contribution in [1.29, 1.82) is 0 Å². The average Bonchev–Trinajstić information content (AvgIpc) is 2.82. The minimum absolute atomic E-state index is 0.155. The van der Waals surface area contributed by atoms with Crippen molar-refractivity contribution in [3.05, 3.63) is 23.2 Å². The highest BCUT2D eigenvalue weighted by Gasteiger charge is 2.28. The fourth-order valence-electron chi connectivity index (χ4n) is 1.89. The van der Waals surface area contributed by atoms with E-state index in [-0.39, 0.29) is 9.92 Å².